The highest BCUT2D eigenvalue weighted by atomic mass is 16.1. The highest BCUT2D eigenvalue weighted by Gasteiger charge is 2.07. The number of carbonyl (C=O) groups is 1. The van der Waals surface area contributed by atoms with Crippen LogP contribution in [-0.2, 0) is 0 Å². The summed E-state index contributed by atoms with van der Waals surface area (Å²) in [5, 5.41) is 3.07. The lowest BCUT2D eigenvalue weighted by molar-refractivity contribution is 0.0964. The van der Waals surface area contributed by atoms with Crippen molar-refractivity contribution < 1.29 is 4.79 Å². The Labute approximate surface area is 115 Å². The first-order valence-electron chi connectivity index (χ1n) is 7.42. The second-order valence-electron chi connectivity index (χ2n) is 5.21. The van der Waals surface area contributed by atoms with Crippen LogP contribution in [0.3, 0.4) is 0 Å². The zero-order chi connectivity index (χ0) is 13.3. The maximum absolute atomic E-state index is 12.1. The third kappa shape index (κ3) is 4.90. The smallest absolute Gasteiger partial charge is 0.255 e. The Balaban J connectivity index is 1.95. The van der Waals surface area contributed by atoms with Crippen LogP contribution in [0, 0.1) is 0 Å². The van der Waals surface area contributed by atoms with Gasteiger partial charge >= 0.3 is 0 Å². The molecule has 1 aliphatic carbocycles. The summed E-state index contributed by atoms with van der Waals surface area (Å²) in [6, 6.07) is 9.44. The van der Waals surface area contributed by atoms with Crippen LogP contribution in [0.1, 0.15) is 61.7 Å². The van der Waals surface area contributed by atoms with Crippen molar-refractivity contribution in [2.75, 3.05) is 0 Å². The van der Waals surface area contributed by atoms with Crippen molar-refractivity contribution in [2.45, 2.75) is 51.4 Å². The maximum Gasteiger partial charge on any atom is 0.255 e. The molecule has 1 aromatic rings. The van der Waals surface area contributed by atoms with Gasteiger partial charge in [0.05, 0.1) is 0 Å². The minimum absolute atomic E-state index is 0.0175. The minimum Gasteiger partial charge on any atom is -0.326 e. The first kappa shape index (κ1) is 13.9. The molecule has 0 atom stereocenters. The van der Waals surface area contributed by atoms with Crippen LogP contribution in [-0.4, -0.2) is 5.91 Å². The van der Waals surface area contributed by atoms with Gasteiger partial charge in [0, 0.05) is 11.3 Å². The molecule has 1 aliphatic rings. The summed E-state index contributed by atoms with van der Waals surface area (Å²) in [4.78, 5) is 12.1. The number of allylic oxidation sites excluding steroid dienone is 2. The first-order chi connectivity index (χ1) is 9.36. The molecule has 2 nitrogen and oxygen atoms in total. The largest absolute Gasteiger partial charge is 0.326 e. The average Bonchev–Trinajstić information content (AvgIpc) is 2.46. The summed E-state index contributed by atoms with van der Waals surface area (Å²) in [6.45, 7) is 0. The lowest BCUT2D eigenvalue weighted by atomic mass is 10.0. The zero-order valence-electron chi connectivity index (χ0n) is 11.5. The van der Waals surface area contributed by atoms with Gasteiger partial charge in [0.25, 0.3) is 5.91 Å². The molecule has 102 valence electrons. The molecule has 0 unspecified atom stereocenters. The van der Waals surface area contributed by atoms with Crippen LogP contribution in [0.25, 0.3) is 0 Å². The fraction of sp³-hybridized carbons (Fsp3) is 0.471. The lowest BCUT2D eigenvalue weighted by Crippen LogP contribution is -2.22. The fourth-order valence-electron chi connectivity index (χ4n) is 2.47. The van der Waals surface area contributed by atoms with E-state index in [-0.39, 0.29) is 5.91 Å². The SMILES string of the molecule is O=C(N/C1=C/CCCCCCCC1)c1ccccc1. The summed E-state index contributed by atoms with van der Waals surface area (Å²) in [7, 11) is 0. The summed E-state index contributed by atoms with van der Waals surface area (Å²) in [5.74, 6) is 0.0175. The number of hydrogen-bond donors (Lipinski definition) is 1. The number of benzene rings is 1. The van der Waals surface area contributed by atoms with Crippen molar-refractivity contribution in [3.05, 3.63) is 47.7 Å². The van der Waals surface area contributed by atoms with Gasteiger partial charge < -0.3 is 5.32 Å². The molecule has 0 saturated carbocycles. The zero-order valence-corrected chi connectivity index (χ0v) is 11.5. The maximum atomic E-state index is 12.1. The molecule has 0 aromatic heterocycles. The van der Waals surface area contributed by atoms with Gasteiger partial charge in [0.1, 0.15) is 0 Å². The Bertz CT molecular complexity index is 422. The highest BCUT2D eigenvalue weighted by molar-refractivity contribution is 5.95. The molecule has 0 aliphatic heterocycles. The molecule has 1 aromatic carbocycles. The van der Waals surface area contributed by atoms with E-state index >= 15 is 0 Å². The number of amides is 1. The van der Waals surface area contributed by atoms with E-state index in [0.717, 1.165) is 24.1 Å². The standard InChI is InChI=1S/C17H23NO/c19-17(15-11-7-6-8-12-15)18-16-13-9-4-2-1-3-5-10-14-16/h6-8,11-13H,1-5,9-10,14H2,(H,18,19)/b16-13+. The monoisotopic (exact) mass is 257 g/mol. The summed E-state index contributed by atoms with van der Waals surface area (Å²) in [5.41, 5.74) is 1.84. The molecule has 1 N–H and O–H groups in total. The second kappa shape index (κ2) is 7.78. The van der Waals surface area contributed by atoms with Crippen molar-refractivity contribution >= 4 is 5.91 Å². The first-order valence-corrected chi connectivity index (χ1v) is 7.42. The Morgan fingerprint density at radius 1 is 0.895 bits per heavy atom. The van der Waals surface area contributed by atoms with E-state index in [1.807, 2.05) is 30.3 Å². The van der Waals surface area contributed by atoms with Crippen LogP contribution >= 0.6 is 0 Å². The van der Waals surface area contributed by atoms with E-state index in [4.69, 9.17) is 0 Å². The van der Waals surface area contributed by atoms with Crippen molar-refractivity contribution in [3.63, 3.8) is 0 Å². The van der Waals surface area contributed by atoms with Gasteiger partial charge in [-0.25, -0.2) is 0 Å². The molecule has 1 amide bonds. The Kier molecular flexibility index (Phi) is 5.67. The van der Waals surface area contributed by atoms with Crippen LogP contribution in [0.4, 0.5) is 0 Å². The van der Waals surface area contributed by atoms with E-state index in [1.165, 1.54) is 38.5 Å². The highest BCUT2D eigenvalue weighted by Crippen LogP contribution is 2.15. The van der Waals surface area contributed by atoms with Crippen molar-refractivity contribution in [2.24, 2.45) is 0 Å². The Morgan fingerprint density at radius 3 is 2.37 bits per heavy atom. The predicted octanol–water partition coefficient (Wildman–Crippen LogP) is 4.43. The van der Waals surface area contributed by atoms with Gasteiger partial charge in [-0.2, -0.15) is 0 Å². The quantitative estimate of drug-likeness (QED) is 0.834. The molecule has 0 fully saturated rings. The van der Waals surface area contributed by atoms with Crippen molar-refractivity contribution in [3.8, 4) is 0 Å². The number of carbonyl (C=O) groups excluding carboxylic acids is 1. The number of rotatable bonds is 2. The van der Waals surface area contributed by atoms with Gasteiger partial charge in [0.15, 0.2) is 0 Å². The predicted molar refractivity (Wildman–Crippen MR) is 78.9 cm³/mol. The normalized spacial score (nSPS) is 20.1. The molecule has 2 rings (SSSR count). The molecule has 0 heterocycles. The second-order valence-corrected chi connectivity index (χ2v) is 5.21. The molecule has 0 spiro atoms. The van der Waals surface area contributed by atoms with Crippen LogP contribution in [0.15, 0.2) is 42.1 Å². The summed E-state index contributed by atoms with van der Waals surface area (Å²) in [6.07, 6.45) is 12.0. The molecule has 0 bridgehead atoms. The van der Waals surface area contributed by atoms with Crippen molar-refractivity contribution in [1.82, 2.24) is 5.32 Å². The fourth-order valence-corrected chi connectivity index (χ4v) is 2.47. The van der Waals surface area contributed by atoms with E-state index in [9.17, 15) is 4.79 Å². The minimum atomic E-state index is 0.0175. The van der Waals surface area contributed by atoms with Gasteiger partial charge in [-0.3, -0.25) is 4.79 Å². The third-order valence-electron chi connectivity index (χ3n) is 3.60. The van der Waals surface area contributed by atoms with E-state index in [0.29, 0.717) is 0 Å². The van der Waals surface area contributed by atoms with Gasteiger partial charge in [-0.05, 0) is 37.8 Å². The number of hydrogen-bond acceptors (Lipinski definition) is 1. The van der Waals surface area contributed by atoms with Gasteiger partial charge in [-0.1, -0.05) is 50.0 Å². The molecule has 0 saturated heterocycles. The Morgan fingerprint density at radius 2 is 1.58 bits per heavy atom. The molecular formula is C17H23NO. The molecule has 2 heteroatoms. The van der Waals surface area contributed by atoms with Gasteiger partial charge in [0.2, 0.25) is 0 Å². The summed E-state index contributed by atoms with van der Waals surface area (Å²) >= 11 is 0. The van der Waals surface area contributed by atoms with E-state index in [1.54, 1.807) is 0 Å². The third-order valence-corrected chi connectivity index (χ3v) is 3.60. The molecule has 0 radical (unpaired) electrons. The van der Waals surface area contributed by atoms with Gasteiger partial charge in [-0.15, -0.1) is 0 Å². The van der Waals surface area contributed by atoms with Crippen LogP contribution < -0.4 is 5.32 Å². The van der Waals surface area contributed by atoms with Crippen molar-refractivity contribution in [1.29, 1.82) is 0 Å². The molecular weight excluding hydrogens is 234 g/mol. The molecule has 19 heavy (non-hydrogen) atoms. The van der Waals surface area contributed by atoms with E-state index < -0.39 is 0 Å². The van der Waals surface area contributed by atoms with Crippen LogP contribution in [0.2, 0.25) is 0 Å². The van der Waals surface area contributed by atoms with Crippen LogP contribution in [0.5, 0.6) is 0 Å². The summed E-state index contributed by atoms with van der Waals surface area (Å²) < 4.78 is 0. The topological polar surface area (TPSA) is 29.1 Å². The Hall–Kier alpha value is -1.57. The number of nitrogens with one attached hydrogen (secondary N) is 1. The lowest BCUT2D eigenvalue weighted by Gasteiger charge is -2.12. The average molecular weight is 257 g/mol. The van der Waals surface area contributed by atoms with E-state index in [2.05, 4.69) is 11.4 Å².